The zero-order valence-corrected chi connectivity index (χ0v) is 11.3. The summed E-state index contributed by atoms with van der Waals surface area (Å²) in [5, 5.41) is 4.50. The Morgan fingerprint density at radius 1 is 1.10 bits per heavy atom. The highest BCUT2D eigenvalue weighted by atomic mass is 32.1. The molecule has 0 N–H and O–H groups in total. The Morgan fingerprint density at radius 2 is 1.95 bits per heavy atom. The molecule has 0 amide bonds. The first-order chi connectivity index (χ1) is 9.85. The van der Waals surface area contributed by atoms with Crippen molar-refractivity contribution in [2.24, 2.45) is 0 Å². The summed E-state index contributed by atoms with van der Waals surface area (Å²) in [7, 11) is 0. The van der Waals surface area contributed by atoms with E-state index in [1.807, 2.05) is 16.5 Å². The summed E-state index contributed by atoms with van der Waals surface area (Å²) < 4.78 is 1.97. The van der Waals surface area contributed by atoms with E-state index in [1.54, 1.807) is 17.5 Å². The van der Waals surface area contributed by atoms with Gasteiger partial charge in [-0.3, -0.25) is 9.20 Å². The van der Waals surface area contributed by atoms with Gasteiger partial charge in [-0.1, -0.05) is 36.4 Å². The van der Waals surface area contributed by atoms with Crippen LogP contribution in [0, 0.1) is 0 Å². The average molecular weight is 278 g/mol. The Labute approximate surface area is 119 Å². The van der Waals surface area contributed by atoms with Crippen LogP contribution in [0.15, 0.2) is 54.0 Å². The Hall–Kier alpha value is -2.46. The van der Waals surface area contributed by atoms with Crippen molar-refractivity contribution in [2.45, 2.75) is 0 Å². The maximum atomic E-state index is 10.8. The molecule has 0 aliphatic rings. The SMILES string of the molecule is O=Cc1cn2c(-c3ccc4ccccc4c3)csc2n1. The number of hydrogen-bond acceptors (Lipinski definition) is 3. The van der Waals surface area contributed by atoms with Crippen molar-refractivity contribution in [3.05, 3.63) is 59.7 Å². The fourth-order valence-corrected chi connectivity index (χ4v) is 3.30. The van der Waals surface area contributed by atoms with Gasteiger partial charge in [-0.25, -0.2) is 4.98 Å². The van der Waals surface area contributed by atoms with E-state index in [9.17, 15) is 4.79 Å². The molecule has 0 aliphatic heterocycles. The molecule has 0 spiro atoms. The van der Waals surface area contributed by atoms with Crippen molar-refractivity contribution in [1.29, 1.82) is 0 Å². The number of rotatable bonds is 2. The van der Waals surface area contributed by atoms with E-state index in [4.69, 9.17) is 0 Å². The highest BCUT2D eigenvalue weighted by Crippen LogP contribution is 2.28. The quantitative estimate of drug-likeness (QED) is 0.519. The lowest BCUT2D eigenvalue weighted by atomic mass is 10.1. The highest BCUT2D eigenvalue weighted by molar-refractivity contribution is 7.15. The van der Waals surface area contributed by atoms with E-state index in [0.717, 1.165) is 22.5 Å². The first kappa shape index (κ1) is 11.4. The third-order valence-electron chi connectivity index (χ3n) is 3.39. The molecule has 2 heterocycles. The number of nitrogens with zero attached hydrogens (tertiary/aromatic N) is 2. The molecule has 0 atom stereocenters. The molecule has 0 radical (unpaired) electrons. The molecule has 2 aromatic heterocycles. The molecule has 0 unspecified atom stereocenters. The van der Waals surface area contributed by atoms with Gasteiger partial charge in [-0.05, 0) is 16.8 Å². The van der Waals surface area contributed by atoms with Crippen molar-refractivity contribution >= 4 is 33.4 Å². The molecule has 4 heteroatoms. The van der Waals surface area contributed by atoms with Crippen LogP contribution in [0.3, 0.4) is 0 Å². The van der Waals surface area contributed by atoms with Gasteiger partial charge in [0.25, 0.3) is 0 Å². The Bertz CT molecular complexity index is 936. The Balaban J connectivity index is 1.95. The van der Waals surface area contributed by atoms with E-state index in [2.05, 4.69) is 40.7 Å². The van der Waals surface area contributed by atoms with E-state index in [-0.39, 0.29) is 0 Å². The number of imidazole rings is 1. The summed E-state index contributed by atoms with van der Waals surface area (Å²) in [6, 6.07) is 14.7. The second-order valence-electron chi connectivity index (χ2n) is 4.62. The summed E-state index contributed by atoms with van der Waals surface area (Å²) in [6.45, 7) is 0. The van der Waals surface area contributed by atoms with Crippen molar-refractivity contribution in [3.63, 3.8) is 0 Å². The van der Waals surface area contributed by atoms with Gasteiger partial charge < -0.3 is 0 Å². The second kappa shape index (κ2) is 4.28. The maximum Gasteiger partial charge on any atom is 0.194 e. The van der Waals surface area contributed by atoms with Crippen LogP contribution >= 0.6 is 11.3 Å². The third kappa shape index (κ3) is 1.66. The first-order valence-corrected chi connectivity index (χ1v) is 7.14. The lowest BCUT2D eigenvalue weighted by molar-refractivity contribution is 0.111. The topological polar surface area (TPSA) is 34.4 Å². The maximum absolute atomic E-state index is 10.8. The van der Waals surface area contributed by atoms with Crippen LogP contribution in [0.4, 0.5) is 0 Å². The molecule has 0 saturated carbocycles. The molecule has 20 heavy (non-hydrogen) atoms. The Kier molecular flexibility index (Phi) is 2.44. The lowest BCUT2D eigenvalue weighted by Gasteiger charge is -2.02. The molecular weight excluding hydrogens is 268 g/mol. The van der Waals surface area contributed by atoms with Gasteiger partial charge in [0.05, 0.1) is 5.69 Å². The normalized spacial score (nSPS) is 11.2. The molecule has 0 fully saturated rings. The van der Waals surface area contributed by atoms with Crippen molar-refractivity contribution < 1.29 is 4.79 Å². The van der Waals surface area contributed by atoms with Crippen LogP contribution in [0.2, 0.25) is 0 Å². The molecule has 4 aromatic rings. The van der Waals surface area contributed by atoms with Gasteiger partial charge in [-0.2, -0.15) is 0 Å². The Morgan fingerprint density at radius 3 is 2.80 bits per heavy atom. The molecule has 96 valence electrons. The zero-order valence-electron chi connectivity index (χ0n) is 10.5. The van der Waals surface area contributed by atoms with E-state index >= 15 is 0 Å². The molecule has 3 nitrogen and oxygen atoms in total. The number of fused-ring (bicyclic) bond motifs is 2. The van der Waals surface area contributed by atoms with Crippen LogP contribution in [-0.2, 0) is 0 Å². The summed E-state index contributed by atoms with van der Waals surface area (Å²) in [5.74, 6) is 0. The molecular formula is C16H10N2OS. The smallest absolute Gasteiger partial charge is 0.194 e. The molecule has 0 aliphatic carbocycles. The average Bonchev–Trinajstić information content (AvgIpc) is 3.06. The van der Waals surface area contributed by atoms with Gasteiger partial charge in [0.2, 0.25) is 0 Å². The fourth-order valence-electron chi connectivity index (χ4n) is 2.41. The summed E-state index contributed by atoms with van der Waals surface area (Å²) in [4.78, 5) is 15.9. The molecule has 0 bridgehead atoms. The van der Waals surface area contributed by atoms with Crippen molar-refractivity contribution in [1.82, 2.24) is 9.38 Å². The summed E-state index contributed by atoms with van der Waals surface area (Å²) in [5.41, 5.74) is 2.67. The van der Waals surface area contributed by atoms with Crippen LogP contribution in [0.1, 0.15) is 10.5 Å². The predicted molar refractivity (Wildman–Crippen MR) is 81.4 cm³/mol. The number of thiazole rings is 1. The first-order valence-electron chi connectivity index (χ1n) is 6.26. The largest absolute Gasteiger partial charge is 0.296 e. The standard InChI is InChI=1S/C16H10N2OS/c19-9-14-8-18-15(10-20-16(18)17-14)13-6-5-11-3-1-2-4-12(11)7-13/h1-10H. The van der Waals surface area contributed by atoms with Gasteiger partial charge in [0.15, 0.2) is 11.2 Å². The third-order valence-corrected chi connectivity index (χ3v) is 4.23. The van der Waals surface area contributed by atoms with Crippen LogP contribution in [0.25, 0.3) is 27.0 Å². The van der Waals surface area contributed by atoms with Gasteiger partial charge in [0, 0.05) is 17.1 Å². The lowest BCUT2D eigenvalue weighted by Crippen LogP contribution is -1.84. The molecule has 0 saturated heterocycles. The van der Waals surface area contributed by atoms with Crippen molar-refractivity contribution in [2.75, 3.05) is 0 Å². The minimum Gasteiger partial charge on any atom is -0.296 e. The summed E-state index contributed by atoms with van der Waals surface area (Å²) in [6.07, 6.45) is 2.56. The minimum absolute atomic E-state index is 0.471. The highest BCUT2D eigenvalue weighted by Gasteiger charge is 2.09. The molecule has 4 rings (SSSR count). The van der Waals surface area contributed by atoms with Gasteiger partial charge in [0.1, 0.15) is 5.69 Å². The second-order valence-corrected chi connectivity index (χ2v) is 5.46. The minimum atomic E-state index is 0.471. The number of aldehydes is 1. The zero-order chi connectivity index (χ0) is 13.5. The number of carbonyl (C=O) groups is 1. The number of benzene rings is 2. The van der Waals surface area contributed by atoms with Gasteiger partial charge >= 0.3 is 0 Å². The number of hydrogen-bond donors (Lipinski definition) is 0. The predicted octanol–water partition coefficient (Wildman–Crippen LogP) is 4.03. The van der Waals surface area contributed by atoms with Crippen molar-refractivity contribution in [3.8, 4) is 11.3 Å². The van der Waals surface area contributed by atoms with Crippen LogP contribution in [-0.4, -0.2) is 15.7 Å². The van der Waals surface area contributed by atoms with E-state index in [0.29, 0.717) is 5.69 Å². The fraction of sp³-hybridized carbons (Fsp3) is 0. The number of carbonyl (C=O) groups excluding carboxylic acids is 1. The van der Waals surface area contributed by atoms with E-state index < -0.39 is 0 Å². The van der Waals surface area contributed by atoms with Crippen LogP contribution < -0.4 is 0 Å². The summed E-state index contributed by atoms with van der Waals surface area (Å²) >= 11 is 1.54. The molecule has 2 aromatic carbocycles. The number of aromatic nitrogens is 2. The monoisotopic (exact) mass is 278 g/mol. The van der Waals surface area contributed by atoms with E-state index in [1.165, 1.54) is 10.8 Å². The van der Waals surface area contributed by atoms with Crippen LogP contribution in [0.5, 0.6) is 0 Å². The van der Waals surface area contributed by atoms with Gasteiger partial charge in [-0.15, -0.1) is 11.3 Å².